The first-order valence-electron chi connectivity index (χ1n) is 6.67. The van der Waals surface area contributed by atoms with Gasteiger partial charge < -0.3 is 5.11 Å². The molecule has 1 aromatic heterocycles. The normalized spacial score (nSPS) is 12.8. The van der Waals surface area contributed by atoms with Crippen molar-refractivity contribution < 1.29 is 13.5 Å². The van der Waals surface area contributed by atoms with Crippen LogP contribution in [0.4, 0.5) is 0 Å². The van der Waals surface area contributed by atoms with E-state index in [1.807, 2.05) is 6.26 Å². The van der Waals surface area contributed by atoms with Crippen molar-refractivity contribution in [3.63, 3.8) is 0 Å². The highest BCUT2D eigenvalue weighted by Gasteiger charge is 2.28. The number of aliphatic hydroxyl groups excluding tert-OH is 1. The molecule has 0 amide bonds. The zero-order valence-electron chi connectivity index (χ0n) is 12.2. The molecule has 0 aliphatic carbocycles. The fourth-order valence-corrected chi connectivity index (χ4v) is 5.31. The number of thiophene rings is 1. The standard InChI is InChI=1S/C13H23NO3S3/c1-4-13(5-2,18-3)10-14-20(16,17)12-7-6-11(19-12)8-9-15/h6-7,14-15H,4-5,8-10H2,1-3H3. The van der Waals surface area contributed by atoms with Gasteiger partial charge in [-0.15, -0.1) is 11.3 Å². The number of nitrogens with one attached hydrogen (secondary N) is 1. The van der Waals surface area contributed by atoms with E-state index in [0.717, 1.165) is 17.7 Å². The summed E-state index contributed by atoms with van der Waals surface area (Å²) < 4.78 is 27.5. The van der Waals surface area contributed by atoms with Crippen LogP contribution >= 0.6 is 23.1 Å². The summed E-state index contributed by atoms with van der Waals surface area (Å²) in [6.45, 7) is 4.64. The Hall–Kier alpha value is -0.0800. The third kappa shape index (κ3) is 4.46. The minimum Gasteiger partial charge on any atom is -0.396 e. The Morgan fingerprint density at radius 2 is 2.00 bits per heavy atom. The lowest BCUT2D eigenvalue weighted by atomic mass is 10.0. The number of sulfonamides is 1. The Balaban J connectivity index is 2.78. The molecule has 1 heterocycles. The molecule has 2 N–H and O–H groups in total. The summed E-state index contributed by atoms with van der Waals surface area (Å²) in [5.41, 5.74) is 0. The summed E-state index contributed by atoms with van der Waals surface area (Å²) in [5.74, 6) is 0. The van der Waals surface area contributed by atoms with Crippen molar-refractivity contribution in [2.45, 2.75) is 42.1 Å². The zero-order chi connectivity index (χ0) is 15.2. The lowest BCUT2D eigenvalue weighted by molar-refractivity contribution is 0.300. The zero-order valence-corrected chi connectivity index (χ0v) is 14.6. The van der Waals surface area contributed by atoms with E-state index in [9.17, 15) is 8.42 Å². The molecule has 0 aromatic carbocycles. The molecule has 0 saturated carbocycles. The maximum atomic E-state index is 12.3. The van der Waals surface area contributed by atoms with Crippen molar-refractivity contribution in [3.05, 3.63) is 17.0 Å². The van der Waals surface area contributed by atoms with E-state index in [1.54, 1.807) is 23.9 Å². The minimum atomic E-state index is -3.45. The van der Waals surface area contributed by atoms with Gasteiger partial charge in [-0.1, -0.05) is 13.8 Å². The Labute approximate surface area is 130 Å². The van der Waals surface area contributed by atoms with Gasteiger partial charge in [0, 0.05) is 29.2 Å². The van der Waals surface area contributed by atoms with Crippen LogP contribution in [0, 0.1) is 0 Å². The molecule has 0 unspecified atom stereocenters. The fraction of sp³-hybridized carbons (Fsp3) is 0.692. The summed E-state index contributed by atoms with van der Waals surface area (Å²) in [7, 11) is -3.45. The molecule has 0 fully saturated rings. The summed E-state index contributed by atoms with van der Waals surface area (Å²) >= 11 is 2.93. The van der Waals surface area contributed by atoms with E-state index in [4.69, 9.17) is 5.11 Å². The predicted molar refractivity (Wildman–Crippen MR) is 87.1 cm³/mol. The van der Waals surface area contributed by atoms with Crippen molar-refractivity contribution in [1.29, 1.82) is 0 Å². The van der Waals surface area contributed by atoms with Crippen LogP contribution in [0.15, 0.2) is 16.3 Å². The summed E-state index contributed by atoms with van der Waals surface area (Å²) in [4.78, 5) is 0.884. The molecule has 4 nitrogen and oxygen atoms in total. The smallest absolute Gasteiger partial charge is 0.250 e. The highest BCUT2D eigenvalue weighted by Crippen LogP contribution is 2.30. The third-order valence-electron chi connectivity index (χ3n) is 3.57. The molecule has 0 spiro atoms. The van der Waals surface area contributed by atoms with Crippen LogP contribution in [-0.2, 0) is 16.4 Å². The number of thioether (sulfide) groups is 1. The van der Waals surface area contributed by atoms with Gasteiger partial charge in [-0.2, -0.15) is 11.8 Å². The van der Waals surface area contributed by atoms with Crippen LogP contribution in [-0.4, -0.2) is 37.7 Å². The Morgan fingerprint density at radius 3 is 2.50 bits per heavy atom. The highest BCUT2D eigenvalue weighted by atomic mass is 32.2. The molecule has 0 saturated heterocycles. The van der Waals surface area contributed by atoms with Crippen molar-refractivity contribution >= 4 is 33.1 Å². The lowest BCUT2D eigenvalue weighted by Gasteiger charge is -2.29. The van der Waals surface area contributed by atoms with Crippen molar-refractivity contribution in [3.8, 4) is 0 Å². The maximum absolute atomic E-state index is 12.3. The molecule has 20 heavy (non-hydrogen) atoms. The van der Waals surface area contributed by atoms with E-state index < -0.39 is 10.0 Å². The lowest BCUT2D eigenvalue weighted by Crippen LogP contribution is -2.39. The molecule has 0 aliphatic heterocycles. The van der Waals surface area contributed by atoms with Crippen LogP contribution in [0.25, 0.3) is 0 Å². The monoisotopic (exact) mass is 337 g/mol. The van der Waals surface area contributed by atoms with E-state index in [1.165, 1.54) is 11.3 Å². The van der Waals surface area contributed by atoms with Crippen LogP contribution in [0.2, 0.25) is 0 Å². The Bertz CT molecular complexity index is 498. The van der Waals surface area contributed by atoms with E-state index in [-0.39, 0.29) is 11.4 Å². The molecule has 0 atom stereocenters. The summed E-state index contributed by atoms with van der Waals surface area (Å²) in [6.07, 6.45) is 4.37. The van der Waals surface area contributed by atoms with Gasteiger partial charge in [0.1, 0.15) is 4.21 Å². The van der Waals surface area contributed by atoms with Crippen molar-refractivity contribution in [2.75, 3.05) is 19.4 Å². The first-order chi connectivity index (χ1) is 9.43. The number of aliphatic hydroxyl groups is 1. The second-order valence-corrected chi connectivity index (χ2v) is 9.05. The van der Waals surface area contributed by atoms with Gasteiger partial charge in [-0.05, 0) is 31.2 Å². The van der Waals surface area contributed by atoms with Crippen LogP contribution in [0.5, 0.6) is 0 Å². The van der Waals surface area contributed by atoms with Crippen molar-refractivity contribution in [2.24, 2.45) is 0 Å². The van der Waals surface area contributed by atoms with Gasteiger partial charge in [0.15, 0.2) is 0 Å². The molecular weight excluding hydrogens is 314 g/mol. The second kappa shape index (κ2) is 7.79. The third-order valence-corrected chi connectivity index (χ3v) is 8.19. The predicted octanol–water partition coefficient (Wildman–Crippen LogP) is 2.48. The van der Waals surface area contributed by atoms with Crippen LogP contribution in [0.3, 0.4) is 0 Å². The van der Waals surface area contributed by atoms with Gasteiger partial charge >= 0.3 is 0 Å². The highest BCUT2D eigenvalue weighted by molar-refractivity contribution is 8.00. The maximum Gasteiger partial charge on any atom is 0.250 e. The van der Waals surface area contributed by atoms with Crippen molar-refractivity contribution in [1.82, 2.24) is 4.72 Å². The number of rotatable bonds is 9. The van der Waals surface area contributed by atoms with E-state index in [0.29, 0.717) is 17.2 Å². The average Bonchev–Trinajstić information content (AvgIpc) is 2.91. The minimum absolute atomic E-state index is 0.0364. The molecule has 116 valence electrons. The summed E-state index contributed by atoms with van der Waals surface area (Å²) in [5, 5.41) is 8.88. The van der Waals surface area contributed by atoms with Gasteiger partial charge in [-0.25, -0.2) is 13.1 Å². The molecule has 0 aliphatic rings. The Kier molecular flexibility index (Phi) is 7.00. The topological polar surface area (TPSA) is 66.4 Å². The Morgan fingerprint density at radius 1 is 1.35 bits per heavy atom. The van der Waals surface area contributed by atoms with Crippen LogP contribution < -0.4 is 4.72 Å². The van der Waals surface area contributed by atoms with Crippen LogP contribution in [0.1, 0.15) is 31.6 Å². The molecule has 1 rings (SSSR count). The molecule has 7 heteroatoms. The number of hydrogen-bond acceptors (Lipinski definition) is 5. The van der Waals surface area contributed by atoms with E-state index >= 15 is 0 Å². The van der Waals surface area contributed by atoms with Gasteiger partial charge in [-0.3, -0.25) is 0 Å². The molecule has 0 bridgehead atoms. The second-order valence-electron chi connectivity index (χ2n) is 4.61. The van der Waals surface area contributed by atoms with Gasteiger partial charge in [0.25, 0.3) is 0 Å². The van der Waals surface area contributed by atoms with Gasteiger partial charge in [0.05, 0.1) is 0 Å². The quantitative estimate of drug-likeness (QED) is 0.726. The molecular formula is C13H23NO3S3. The first kappa shape index (κ1) is 18.0. The average molecular weight is 338 g/mol. The summed E-state index contributed by atoms with van der Waals surface area (Å²) in [6, 6.07) is 3.37. The first-order valence-corrected chi connectivity index (χ1v) is 10.2. The molecule has 1 aromatic rings. The largest absolute Gasteiger partial charge is 0.396 e. The SMILES string of the molecule is CCC(CC)(CNS(=O)(=O)c1ccc(CCO)s1)SC. The van der Waals surface area contributed by atoms with Gasteiger partial charge in [0.2, 0.25) is 10.0 Å². The molecule has 0 radical (unpaired) electrons. The van der Waals surface area contributed by atoms with E-state index in [2.05, 4.69) is 18.6 Å². The number of hydrogen-bond donors (Lipinski definition) is 2. The fourth-order valence-electron chi connectivity index (χ4n) is 1.91.